The summed E-state index contributed by atoms with van der Waals surface area (Å²) in [7, 11) is 0. The summed E-state index contributed by atoms with van der Waals surface area (Å²) in [4.78, 5) is 0. The van der Waals surface area contributed by atoms with E-state index in [1.807, 2.05) is 0 Å². The summed E-state index contributed by atoms with van der Waals surface area (Å²) in [5.41, 5.74) is -0.340. The highest BCUT2D eigenvalue weighted by molar-refractivity contribution is 6.37. The molecule has 0 fully saturated rings. The maximum atomic E-state index is 7.85. The highest BCUT2D eigenvalue weighted by Gasteiger charge is 2.50. The van der Waals surface area contributed by atoms with Crippen molar-refractivity contribution in [2.24, 2.45) is 0 Å². The molecule has 0 aromatic carbocycles. The molecule has 0 rings (SSSR count). The molecule has 0 aliphatic carbocycles. The first-order valence-electron chi connectivity index (χ1n) is 24.4. The highest BCUT2D eigenvalue weighted by Crippen LogP contribution is 2.40. The lowest BCUT2D eigenvalue weighted by Crippen LogP contribution is -2.52. The standard InChI is InChI=1S/3C16H33O.Al/c3*1-4-7-9-11-14-16(17,13-6-3)15-12-10-8-5-2;/h3*4-15H2,1-3H3;/q3*-1;+3. The van der Waals surface area contributed by atoms with Crippen molar-refractivity contribution in [1.29, 1.82) is 0 Å². The lowest BCUT2D eigenvalue weighted by Gasteiger charge is -2.45. The molecular weight excluding hydrogens is 652 g/mol. The van der Waals surface area contributed by atoms with Gasteiger partial charge in [0.05, 0.1) is 0 Å². The summed E-state index contributed by atoms with van der Waals surface area (Å²) in [6.45, 7) is 21.2. The second kappa shape index (κ2) is 35.8. The van der Waals surface area contributed by atoms with E-state index in [9.17, 15) is 0 Å². The molecule has 0 aliphatic rings. The van der Waals surface area contributed by atoms with Crippen molar-refractivity contribution in [3.05, 3.63) is 0 Å². The van der Waals surface area contributed by atoms with Crippen LogP contribution in [0.15, 0.2) is 0 Å². The van der Waals surface area contributed by atoms with Gasteiger partial charge in [-0.1, -0.05) is 236 Å². The fourth-order valence-electron chi connectivity index (χ4n) is 8.95. The number of hydrogen-bond acceptors (Lipinski definition) is 3. The fraction of sp³-hybridized carbons (Fsp3) is 1.00. The van der Waals surface area contributed by atoms with Crippen LogP contribution in [0, 0.1) is 0 Å². The Hall–Kier alpha value is 0.412. The van der Waals surface area contributed by atoms with E-state index < -0.39 is 15.1 Å². The maximum absolute atomic E-state index is 7.85. The van der Waals surface area contributed by atoms with Gasteiger partial charge in [-0.15, -0.1) is 0 Å². The van der Waals surface area contributed by atoms with Crippen LogP contribution in [-0.2, 0) is 11.4 Å². The minimum Gasteiger partial charge on any atom is -0.449 e. The van der Waals surface area contributed by atoms with E-state index in [1.54, 1.807) is 0 Å². The Morgan fingerprint density at radius 3 is 0.577 bits per heavy atom. The normalized spacial score (nSPS) is 12.6. The molecular formula is C48H99AlO3. The first kappa shape index (κ1) is 52.4. The lowest BCUT2D eigenvalue weighted by molar-refractivity contribution is -0.112. The van der Waals surface area contributed by atoms with Crippen molar-refractivity contribution in [1.82, 2.24) is 0 Å². The van der Waals surface area contributed by atoms with E-state index in [4.69, 9.17) is 11.4 Å². The second-order valence-electron chi connectivity index (χ2n) is 17.3. The van der Waals surface area contributed by atoms with E-state index in [0.717, 1.165) is 19.3 Å². The third-order valence-electron chi connectivity index (χ3n) is 12.1. The van der Waals surface area contributed by atoms with Gasteiger partial charge in [-0.3, -0.25) is 0 Å². The van der Waals surface area contributed by atoms with Gasteiger partial charge in [-0.2, -0.15) is 0 Å². The molecule has 52 heavy (non-hydrogen) atoms. The van der Waals surface area contributed by atoms with E-state index in [-0.39, 0.29) is 16.8 Å². The van der Waals surface area contributed by atoms with Crippen molar-refractivity contribution >= 4 is 15.1 Å². The predicted molar refractivity (Wildman–Crippen MR) is 234 cm³/mol. The molecule has 0 aromatic heterocycles. The van der Waals surface area contributed by atoms with Crippen molar-refractivity contribution in [3.63, 3.8) is 0 Å². The molecule has 0 aromatic rings. The second-order valence-corrected chi connectivity index (χ2v) is 18.6. The van der Waals surface area contributed by atoms with Crippen LogP contribution in [0.2, 0.25) is 0 Å². The molecule has 3 nitrogen and oxygen atoms in total. The van der Waals surface area contributed by atoms with E-state index in [0.29, 0.717) is 0 Å². The van der Waals surface area contributed by atoms with Crippen molar-refractivity contribution < 1.29 is 11.4 Å². The van der Waals surface area contributed by atoms with Crippen LogP contribution in [0.25, 0.3) is 0 Å². The Bertz CT molecular complexity index is 595. The van der Waals surface area contributed by atoms with Crippen molar-refractivity contribution in [3.8, 4) is 0 Å². The molecule has 0 bridgehead atoms. The zero-order valence-corrected chi connectivity index (χ0v) is 38.9. The molecule has 0 saturated heterocycles. The summed E-state index contributed by atoms with van der Waals surface area (Å²) >= 11 is -2.56. The van der Waals surface area contributed by atoms with Crippen LogP contribution in [-0.4, -0.2) is 32.0 Å². The van der Waals surface area contributed by atoms with Gasteiger partial charge < -0.3 is 11.4 Å². The van der Waals surface area contributed by atoms with Crippen LogP contribution in [0.5, 0.6) is 0 Å². The Morgan fingerprint density at radius 1 is 0.231 bits per heavy atom. The molecule has 0 aliphatic heterocycles. The van der Waals surface area contributed by atoms with Crippen molar-refractivity contribution in [2.75, 3.05) is 0 Å². The van der Waals surface area contributed by atoms with Crippen LogP contribution in [0.3, 0.4) is 0 Å². The SMILES string of the molecule is CCCCCCC(CCC)(CCCCCC)[O][Al]([O]C(CCC)(CCCCCC)CCCCCC)[O]C(CCC)(CCCCCC)CCCCCC. The molecule has 0 saturated carbocycles. The van der Waals surface area contributed by atoms with Crippen LogP contribution in [0.1, 0.15) is 293 Å². The fourth-order valence-corrected chi connectivity index (χ4v) is 11.4. The molecule has 0 radical (unpaired) electrons. The third-order valence-corrected chi connectivity index (χ3v) is 14.1. The molecule has 0 heterocycles. The van der Waals surface area contributed by atoms with Gasteiger partial charge in [-0.25, -0.2) is 0 Å². The van der Waals surface area contributed by atoms with Crippen LogP contribution in [0.4, 0.5) is 0 Å². The van der Waals surface area contributed by atoms with Crippen LogP contribution >= 0.6 is 0 Å². The van der Waals surface area contributed by atoms with Gasteiger partial charge >= 0.3 is 15.1 Å². The summed E-state index contributed by atoms with van der Waals surface area (Å²) in [5.74, 6) is 0. The van der Waals surface area contributed by atoms with Gasteiger partial charge in [0.25, 0.3) is 0 Å². The topological polar surface area (TPSA) is 27.7 Å². The van der Waals surface area contributed by atoms with Gasteiger partial charge in [-0.05, 0) is 57.8 Å². The Balaban J connectivity index is 7.15. The number of rotatable bonds is 42. The molecule has 0 unspecified atom stereocenters. The predicted octanol–water partition coefficient (Wildman–Crippen LogP) is 17.5. The van der Waals surface area contributed by atoms with Gasteiger partial charge in [0.1, 0.15) is 0 Å². The molecule has 0 N–H and O–H groups in total. The third kappa shape index (κ3) is 25.5. The number of unbranched alkanes of at least 4 members (excludes halogenated alkanes) is 18. The van der Waals surface area contributed by atoms with Gasteiger partial charge in [0, 0.05) is 16.8 Å². The van der Waals surface area contributed by atoms with Crippen LogP contribution < -0.4 is 0 Å². The van der Waals surface area contributed by atoms with Crippen molar-refractivity contribution in [2.45, 2.75) is 310 Å². The smallest absolute Gasteiger partial charge is 0.449 e. The Kier molecular flexibility index (Phi) is 36.1. The largest absolute Gasteiger partial charge is 0.906 e. The quantitative estimate of drug-likeness (QED) is 0.0459. The lowest BCUT2D eigenvalue weighted by atomic mass is 9.86. The molecule has 0 atom stereocenters. The zero-order valence-electron chi connectivity index (χ0n) is 37.8. The first-order chi connectivity index (χ1) is 25.3. The number of hydrogen-bond donors (Lipinski definition) is 0. The first-order valence-corrected chi connectivity index (χ1v) is 25.8. The average molecular weight is 751 g/mol. The summed E-state index contributed by atoms with van der Waals surface area (Å²) in [6, 6.07) is 0. The molecule has 0 spiro atoms. The van der Waals surface area contributed by atoms with E-state index in [2.05, 4.69) is 62.3 Å². The molecule has 0 amide bonds. The molecule has 312 valence electrons. The summed E-state index contributed by atoms with van der Waals surface area (Å²) in [6.07, 6.45) is 45.2. The monoisotopic (exact) mass is 751 g/mol. The summed E-state index contributed by atoms with van der Waals surface area (Å²) < 4.78 is 23.5. The van der Waals surface area contributed by atoms with Gasteiger partial charge in [0.15, 0.2) is 0 Å². The Labute approximate surface area is 335 Å². The van der Waals surface area contributed by atoms with E-state index >= 15 is 0 Å². The average Bonchev–Trinajstić information content (AvgIpc) is 3.13. The maximum Gasteiger partial charge on any atom is 0.906 e. The minimum absolute atomic E-state index is 0.113. The summed E-state index contributed by atoms with van der Waals surface area (Å²) in [5, 5.41) is 0. The van der Waals surface area contributed by atoms with E-state index in [1.165, 1.54) is 212 Å². The minimum atomic E-state index is -2.56. The highest BCUT2D eigenvalue weighted by atomic mass is 27.3. The van der Waals surface area contributed by atoms with Gasteiger partial charge in [0.2, 0.25) is 0 Å². The molecule has 4 heteroatoms. The zero-order chi connectivity index (χ0) is 38.7. The Morgan fingerprint density at radius 2 is 0.423 bits per heavy atom.